The first-order valence-corrected chi connectivity index (χ1v) is 10.3. The van der Waals surface area contributed by atoms with Crippen LogP contribution in [0.1, 0.15) is 23.6 Å². The third kappa shape index (κ3) is 5.20. The number of benzene rings is 2. The second-order valence-electron chi connectivity index (χ2n) is 7.27. The average molecular weight is 441 g/mol. The standard InChI is InChI=1S/C22H25BrN4O/c1-16-3-8-21(20(23)13-16)25-22(28)17(2)27-11-9-26(10-12-27)15-19-6-4-18(14-24)5-7-19/h3-8,13,17H,9-12,15H2,1-2H3,(H,25,28). The van der Waals surface area contributed by atoms with Gasteiger partial charge in [-0.25, -0.2) is 0 Å². The van der Waals surface area contributed by atoms with Crippen molar-refractivity contribution in [2.45, 2.75) is 26.4 Å². The Hall–Kier alpha value is -2.20. The zero-order chi connectivity index (χ0) is 20.1. The molecule has 1 aliphatic heterocycles. The number of anilines is 1. The normalized spacial score (nSPS) is 16.4. The predicted octanol–water partition coefficient (Wildman–Crippen LogP) is 3.77. The zero-order valence-corrected chi connectivity index (χ0v) is 17.9. The van der Waals surface area contributed by atoms with Crippen molar-refractivity contribution in [1.82, 2.24) is 9.80 Å². The largest absolute Gasteiger partial charge is 0.324 e. The van der Waals surface area contributed by atoms with E-state index in [1.807, 2.05) is 56.3 Å². The van der Waals surface area contributed by atoms with Gasteiger partial charge in [-0.2, -0.15) is 5.26 Å². The Morgan fingerprint density at radius 2 is 1.86 bits per heavy atom. The summed E-state index contributed by atoms with van der Waals surface area (Å²) >= 11 is 3.52. The van der Waals surface area contributed by atoms with E-state index in [4.69, 9.17) is 5.26 Å². The SMILES string of the molecule is Cc1ccc(NC(=O)C(C)N2CCN(Cc3ccc(C#N)cc3)CC2)c(Br)c1. The van der Waals surface area contributed by atoms with Gasteiger partial charge < -0.3 is 5.32 Å². The molecular weight excluding hydrogens is 416 g/mol. The van der Waals surface area contributed by atoms with Gasteiger partial charge in [0.1, 0.15) is 0 Å². The summed E-state index contributed by atoms with van der Waals surface area (Å²) < 4.78 is 0.903. The fraction of sp³-hybridized carbons (Fsp3) is 0.364. The van der Waals surface area contributed by atoms with Crippen molar-refractivity contribution < 1.29 is 4.79 Å². The van der Waals surface area contributed by atoms with Crippen LogP contribution in [0.2, 0.25) is 0 Å². The van der Waals surface area contributed by atoms with Crippen LogP contribution in [0.5, 0.6) is 0 Å². The van der Waals surface area contributed by atoms with E-state index in [2.05, 4.69) is 37.1 Å². The number of nitrogens with zero attached hydrogens (tertiary/aromatic N) is 3. The Morgan fingerprint density at radius 1 is 1.18 bits per heavy atom. The van der Waals surface area contributed by atoms with Crippen LogP contribution in [0.25, 0.3) is 0 Å². The summed E-state index contributed by atoms with van der Waals surface area (Å²) in [5.41, 5.74) is 3.86. The van der Waals surface area contributed by atoms with Gasteiger partial charge in [-0.15, -0.1) is 0 Å². The highest BCUT2D eigenvalue weighted by Gasteiger charge is 2.26. The first kappa shape index (κ1) is 20.5. The van der Waals surface area contributed by atoms with E-state index < -0.39 is 0 Å². The minimum Gasteiger partial charge on any atom is -0.324 e. The fourth-order valence-corrected chi connectivity index (χ4v) is 3.97. The molecule has 0 bridgehead atoms. The lowest BCUT2D eigenvalue weighted by molar-refractivity contribution is -0.121. The van der Waals surface area contributed by atoms with Gasteiger partial charge in [-0.3, -0.25) is 14.6 Å². The Balaban J connectivity index is 1.50. The smallest absolute Gasteiger partial charge is 0.241 e. The van der Waals surface area contributed by atoms with Crippen molar-refractivity contribution in [3.05, 3.63) is 63.6 Å². The number of piperazine rings is 1. The second-order valence-corrected chi connectivity index (χ2v) is 8.12. The second kappa shape index (κ2) is 9.33. The van der Waals surface area contributed by atoms with Crippen molar-refractivity contribution in [3.8, 4) is 6.07 Å². The first-order chi connectivity index (χ1) is 13.5. The number of aryl methyl sites for hydroxylation is 1. The third-order valence-corrected chi connectivity index (χ3v) is 5.86. The molecule has 0 aliphatic carbocycles. The number of nitriles is 1. The number of carbonyl (C=O) groups is 1. The molecule has 0 saturated carbocycles. The summed E-state index contributed by atoms with van der Waals surface area (Å²) in [5.74, 6) is 0.0186. The summed E-state index contributed by atoms with van der Waals surface area (Å²) in [6.07, 6.45) is 0. The maximum Gasteiger partial charge on any atom is 0.241 e. The third-order valence-electron chi connectivity index (χ3n) is 5.21. The van der Waals surface area contributed by atoms with Crippen LogP contribution in [0.4, 0.5) is 5.69 Å². The van der Waals surface area contributed by atoms with Gasteiger partial charge in [0.25, 0.3) is 0 Å². The molecule has 1 atom stereocenters. The quantitative estimate of drug-likeness (QED) is 0.768. The number of amides is 1. The summed E-state index contributed by atoms with van der Waals surface area (Å²) in [6, 6.07) is 15.7. The number of hydrogen-bond donors (Lipinski definition) is 1. The number of carbonyl (C=O) groups excluding carboxylic acids is 1. The topological polar surface area (TPSA) is 59.4 Å². The molecule has 1 saturated heterocycles. The van der Waals surface area contributed by atoms with E-state index in [1.54, 1.807) is 0 Å². The molecule has 28 heavy (non-hydrogen) atoms. The monoisotopic (exact) mass is 440 g/mol. The van der Waals surface area contributed by atoms with Gasteiger partial charge in [0.15, 0.2) is 0 Å². The Labute approximate surface area is 175 Å². The number of rotatable bonds is 5. The maximum absolute atomic E-state index is 12.7. The molecule has 1 N–H and O–H groups in total. The summed E-state index contributed by atoms with van der Waals surface area (Å²) in [7, 11) is 0. The highest BCUT2D eigenvalue weighted by molar-refractivity contribution is 9.10. The zero-order valence-electron chi connectivity index (χ0n) is 16.3. The van der Waals surface area contributed by atoms with Gasteiger partial charge in [0.05, 0.1) is 23.4 Å². The van der Waals surface area contributed by atoms with Crippen molar-refractivity contribution >= 4 is 27.5 Å². The lowest BCUT2D eigenvalue weighted by Gasteiger charge is -2.37. The molecule has 1 unspecified atom stereocenters. The summed E-state index contributed by atoms with van der Waals surface area (Å²) in [6.45, 7) is 8.43. The molecule has 0 radical (unpaired) electrons. The van der Waals surface area contributed by atoms with Crippen molar-refractivity contribution in [2.24, 2.45) is 0 Å². The number of nitrogens with one attached hydrogen (secondary N) is 1. The van der Waals surface area contributed by atoms with Crippen LogP contribution in [0, 0.1) is 18.3 Å². The lowest BCUT2D eigenvalue weighted by Crippen LogP contribution is -2.52. The molecule has 3 rings (SSSR count). The van der Waals surface area contributed by atoms with Crippen LogP contribution < -0.4 is 5.32 Å². The van der Waals surface area contributed by atoms with Crippen molar-refractivity contribution in [3.63, 3.8) is 0 Å². The molecule has 0 spiro atoms. The van der Waals surface area contributed by atoms with Crippen molar-refractivity contribution in [2.75, 3.05) is 31.5 Å². The van der Waals surface area contributed by atoms with Gasteiger partial charge in [-0.1, -0.05) is 18.2 Å². The molecule has 1 amide bonds. The summed E-state index contributed by atoms with van der Waals surface area (Å²) in [4.78, 5) is 17.3. The highest BCUT2D eigenvalue weighted by atomic mass is 79.9. The average Bonchev–Trinajstić information content (AvgIpc) is 2.70. The van der Waals surface area contributed by atoms with Crippen LogP contribution in [0.15, 0.2) is 46.9 Å². The first-order valence-electron chi connectivity index (χ1n) is 9.49. The molecule has 5 nitrogen and oxygen atoms in total. The van der Waals surface area contributed by atoms with Gasteiger partial charge in [-0.05, 0) is 65.2 Å². The molecule has 2 aromatic carbocycles. The van der Waals surface area contributed by atoms with E-state index >= 15 is 0 Å². The van der Waals surface area contributed by atoms with E-state index in [9.17, 15) is 4.79 Å². The van der Waals surface area contributed by atoms with Gasteiger partial charge in [0, 0.05) is 37.2 Å². The molecule has 0 aromatic heterocycles. The predicted molar refractivity (Wildman–Crippen MR) is 115 cm³/mol. The van der Waals surface area contributed by atoms with Crippen LogP contribution in [-0.4, -0.2) is 47.9 Å². The maximum atomic E-state index is 12.7. The van der Waals surface area contributed by atoms with Crippen LogP contribution >= 0.6 is 15.9 Å². The Morgan fingerprint density at radius 3 is 2.46 bits per heavy atom. The van der Waals surface area contributed by atoms with Gasteiger partial charge in [0.2, 0.25) is 5.91 Å². The molecule has 2 aromatic rings. The van der Waals surface area contributed by atoms with Crippen LogP contribution in [-0.2, 0) is 11.3 Å². The minimum atomic E-state index is -0.176. The van der Waals surface area contributed by atoms with E-state index in [0.29, 0.717) is 5.56 Å². The molecule has 1 aliphatic rings. The highest BCUT2D eigenvalue weighted by Crippen LogP contribution is 2.24. The minimum absolute atomic E-state index is 0.0186. The number of hydrogen-bond acceptors (Lipinski definition) is 4. The lowest BCUT2D eigenvalue weighted by atomic mass is 10.1. The Bertz CT molecular complexity index is 867. The fourth-order valence-electron chi connectivity index (χ4n) is 3.38. The Kier molecular flexibility index (Phi) is 6.84. The van der Waals surface area contributed by atoms with Gasteiger partial charge >= 0.3 is 0 Å². The molecular formula is C22H25BrN4O. The summed E-state index contributed by atoms with van der Waals surface area (Å²) in [5, 5.41) is 11.9. The molecule has 6 heteroatoms. The van der Waals surface area contributed by atoms with E-state index in [0.717, 1.165) is 48.4 Å². The molecule has 146 valence electrons. The van der Waals surface area contributed by atoms with Crippen LogP contribution in [0.3, 0.4) is 0 Å². The van der Waals surface area contributed by atoms with E-state index in [-0.39, 0.29) is 11.9 Å². The van der Waals surface area contributed by atoms with Crippen molar-refractivity contribution in [1.29, 1.82) is 5.26 Å². The number of halogens is 1. The van der Waals surface area contributed by atoms with E-state index in [1.165, 1.54) is 5.56 Å². The molecule has 1 fully saturated rings. The molecule has 1 heterocycles.